The maximum Gasteiger partial charge on any atom is 0.408 e. The fraction of sp³-hybridized carbons (Fsp3) is 0.846. The van der Waals surface area contributed by atoms with Crippen LogP contribution in [0.5, 0.6) is 0 Å². The van der Waals surface area contributed by atoms with Gasteiger partial charge < -0.3 is 19.9 Å². The highest BCUT2D eigenvalue weighted by atomic mass is 32.2. The number of carbonyl (C=O) groups is 2. The molecule has 0 aromatic heterocycles. The fourth-order valence-electron chi connectivity index (χ4n) is 1.69. The average Bonchev–Trinajstić information content (AvgIpc) is 2.77. The Balaban J connectivity index is 2.32. The zero-order valence-electron chi connectivity index (χ0n) is 12.2. The first kappa shape index (κ1) is 17.1. The normalized spacial score (nSPS) is 20.4. The van der Waals surface area contributed by atoms with Crippen LogP contribution in [0.3, 0.4) is 0 Å². The highest BCUT2D eigenvalue weighted by Crippen LogP contribution is 2.18. The first-order chi connectivity index (χ1) is 9.28. The summed E-state index contributed by atoms with van der Waals surface area (Å²) in [7, 11) is 0. The van der Waals surface area contributed by atoms with Gasteiger partial charge >= 0.3 is 12.1 Å². The lowest BCUT2D eigenvalue weighted by Crippen LogP contribution is -2.45. The third kappa shape index (κ3) is 7.00. The molecular weight excluding hydrogens is 282 g/mol. The van der Waals surface area contributed by atoms with Gasteiger partial charge in [0.1, 0.15) is 11.6 Å². The highest BCUT2D eigenvalue weighted by molar-refractivity contribution is 7.99. The maximum atomic E-state index is 11.6. The lowest BCUT2D eigenvalue weighted by Gasteiger charge is -2.22. The van der Waals surface area contributed by atoms with Gasteiger partial charge in [-0.2, -0.15) is 11.8 Å². The van der Waals surface area contributed by atoms with Crippen LogP contribution in [0.1, 0.15) is 27.2 Å². The van der Waals surface area contributed by atoms with E-state index in [1.165, 1.54) is 11.8 Å². The predicted molar refractivity (Wildman–Crippen MR) is 77.0 cm³/mol. The molecule has 0 radical (unpaired) electrons. The molecule has 116 valence electrons. The van der Waals surface area contributed by atoms with E-state index in [2.05, 4.69) is 5.32 Å². The molecule has 0 bridgehead atoms. The Hall–Kier alpha value is -0.950. The monoisotopic (exact) mass is 305 g/mol. The smallest absolute Gasteiger partial charge is 0.408 e. The van der Waals surface area contributed by atoms with Crippen LogP contribution in [0.4, 0.5) is 4.79 Å². The molecule has 0 aliphatic carbocycles. The molecule has 20 heavy (non-hydrogen) atoms. The van der Waals surface area contributed by atoms with E-state index in [0.29, 0.717) is 11.7 Å². The van der Waals surface area contributed by atoms with Gasteiger partial charge in [-0.25, -0.2) is 9.59 Å². The van der Waals surface area contributed by atoms with Gasteiger partial charge in [0.15, 0.2) is 0 Å². The summed E-state index contributed by atoms with van der Waals surface area (Å²) >= 11 is 1.52. The number of carboxylic acids is 1. The number of alkyl carbamates (subject to hydrolysis) is 1. The summed E-state index contributed by atoms with van der Waals surface area (Å²) in [4.78, 5) is 22.7. The summed E-state index contributed by atoms with van der Waals surface area (Å²) in [5.74, 6) is 0.604. The van der Waals surface area contributed by atoms with Gasteiger partial charge in [0, 0.05) is 12.4 Å². The second-order valence-electron chi connectivity index (χ2n) is 5.80. The van der Waals surface area contributed by atoms with Gasteiger partial charge in [-0.15, -0.1) is 0 Å². The molecule has 1 heterocycles. The van der Waals surface area contributed by atoms with Gasteiger partial charge in [0.05, 0.1) is 6.61 Å². The number of thioether (sulfide) groups is 1. The summed E-state index contributed by atoms with van der Waals surface area (Å²) in [6.45, 7) is 6.72. The van der Waals surface area contributed by atoms with Crippen molar-refractivity contribution in [2.75, 3.05) is 24.7 Å². The molecular formula is C13H23NO5S. The van der Waals surface area contributed by atoms with Crippen molar-refractivity contribution >= 4 is 23.8 Å². The Morgan fingerprint density at radius 2 is 2.20 bits per heavy atom. The number of nitrogens with one attached hydrogen (secondary N) is 1. The molecule has 1 aliphatic heterocycles. The van der Waals surface area contributed by atoms with Gasteiger partial charge in [-0.1, -0.05) is 0 Å². The van der Waals surface area contributed by atoms with Crippen LogP contribution in [0, 0.1) is 5.92 Å². The molecule has 0 saturated carbocycles. The fourth-order valence-corrected chi connectivity index (χ4v) is 2.89. The van der Waals surface area contributed by atoms with Crippen molar-refractivity contribution in [1.29, 1.82) is 0 Å². The minimum Gasteiger partial charge on any atom is -0.480 e. The number of hydrogen-bond donors (Lipinski definition) is 2. The molecule has 2 atom stereocenters. The van der Waals surface area contributed by atoms with E-state index < -0.39 is 23.7 Å². The van der Waals surface area contributed by atoms with Crippen LogP contribution in [-0.2, 0) is 14.3 Å². The van der Waals surface area contributed by atoms with Gasteiger partial charge in [0.2, 0.25) is 0 Å². The first-order valence-corrected chi connectivity index (χ1v) is 7.81. The van der Waals surface area contributed by atoms with Crippen molar-refractivity contribution in [3.8, 4) is 0 Å². The second kappa shape index (κ2) is 7.73. The van der Waals surface area contributed by atoms with E-state index in [0.717, 1.165) is 25.4 Å². The molecule has 6 nitrogen and oxygen atoms in total. The van der Waals surface area contributed by atoms with Crippen molar-refractivity contribution < 1.29 is 24.2 Å². The third-order valence-corrected chi connectivity index (χ3v) is 3.93. The molecule has 0 spiro atoms. The Bertz CT molecular complexity index is 336. The summed E-state index contributed by atoms with van der Waals surface area (Å²) in [6, 6.07) is -0.933. The summed E-state index contributed by atoms with van der Waals surface area (Å²) < 4.78 is 10.3. The molecule has 1 amide bonds. The standard InChI is InChI=1S/C13H23NO5S/c1-13(2,3)19-12(17)14-10(11(15)16)8-20-7-9-4-5-18-6-9/h9-10H,4-8H2,1-3H3,(H,14,17)(H,15,16). The Kier molecular flexibility index (Phi) is 6.61. The summed E-state index contributed by atoms with van der Waals surface area (Å²) in [5, 5.41) is 11.5. The van der Waals surface area contributed by atoms with Crippen molar-refractivity contribution in [2.45, 2.75) is 38.8 Å². The second-order valence-corrected chi connectivity index (χ2v) is 6.88. The minimum absolute atomic E-state index is 0.324. The number of carboxylic acid groups (broad SMARTS) is 1. The van der Waals surface area contributed by atoms with E-state index in [9.17, 15) is 9.59 Å². The number of rotatable bonds is 6. The molecule has 0 aromatic rings. The molecule has 0 aromatic carbocycles. The number of hydrogen-bond acceptors (Lipinski definition) is 5. The van der Waals surface area contributed by atoms with Gasteiger partial charge in [-0.3, -0.25) is 0 Å². The maximum absolute atomic E-state index is 11.6. The quantitative estimate of drug-likeness (QED) is 0.777. The molecule has 1 aliphatic rings. The Morgan fingerprint density at radius 1 is 1.50 bits per heavy atom. The van der Waals surface area contributed by atoms with E-state index in [1.54, 1.807) is 20.8 Å². The van der Waals surface area contributed by atoms with E-state index in [1.807, 2.05) is 0 Å². The van der Waals surface area contributed by atoms with Gasteiger partial charge in [0.25, 0.3) is 0 Å². The zero-order valence-corrected chi connectivity index (χ0v) is 13.0. The average molecular weight is 305 g/mol. The lowest BCUT2D eigenvalue weighted by atomic mass is 10.2. The first-order valence-electron chi connectivity index (χ1n) is 6.66. The molecule has 2 unspecified atom stereocenters. The van der Waals surface area contributed by atoms with E-state index in [-0.39, 0.29) is 0 Å². The third-order valence-electron chi connectivity index (χ3n) is 2.65. The number of amides is 1. The van der Waals surface area contributed by atoms with E-state index >= 15 is 0 Å². The topological polar surface area (TPSA) is 84.9 Å². The van der Waals surface area contributed by atoms with Crippen LogP contribution >= 0.6 is 11.8 Å². The minimum atomic E-state index is -1.05. The summed E-state index contributed by atoms with van der Waals surface area (Å²) in [6.07, 6.45) is 0.319. The molecule has 1 rings (SSSR count). The SMILES string of the molecule is CC(C)(C)OC(=O)NC(CSCC1CCOC1)C(=O)O. The van der Waals surface area contributed by atoms with Crippen molar-refractivity contribution in [3.05, 3.63) is 0 Å². The van der Waals surface area contributed by atoms with Crippen LogP contribution in [0.15, 0.2) is 0 Å². The summed E-state index contributed by atoms with van der Waals surface area (Å²) in [5.41, 5.74) is -0.637. The van der Waals surface area contributed by atoms with Gasteiger partial charge in [-0.05, 0) is 38.9 Å². The molecule has 1 fully saturated rings. The van der Waals surface area contributed by atoms with Crippen molar-refractivity contribution in [3.63, 3.8) is 0 Å². The predicted octanol–water partition coefficient (Wildman–Crippen LogP) is 1.73. The zero-order chi connectivity index (χ0) is 15.2. The lowest BCUT2D eigenvalue weighted by molar-refractivity contribution is -0.138. The number of carbonyl (C=O) groups excluding carboxylic acids is 1. The van der Waals surface area contributed by atoms with Crippen molar-refractivity contribution in [1.82, 2.24) is 5.32 Å². The highest BCUT2D eigenvalue weighted by Gasteiger charge is 2.24. The van der Waals surface area contributed by atoms with Crippen molar-refractivity contribution in [2.24, 2.45) is 5.92 Å². The van der Waals surface area contributed by atoms with E-state index in [4.69, 9.17) is 14.6 Å². The molecule has 1 saturated heterocycles. The largest absolute Gasteiger partial charge is 0.480 e. The van der Waals surface area contributed by atoms with Crippen LogP contribution < -0.4 is 5.32 Å². The number of aliphatic carboxylic acids is 1. The van der Waals surface area contributed by atoms with Crippen LogP contribution in [0.25, 0.3) is 0 Å². The molecule has 7 heteroatoms. The molecule has 2 N–H and O–H groups in total. The Labute approximate surface area is 123 Å². The van der Waals surface area contributed by atoms with Crippen LogP contribution in [0.2, 0.25) is 0 Å². The number of ether oxygens (including phenoxy) is 2. The van der Waals surface area contributed by atoms with Crippen LogP contribution in [-0.4, -0.2) is 53.5 Å². The Morgan fingerprint density at radius 3 is 2.70 bits per heavy atom.